The van der Waals surface area contributed by atoms with Crippen molar-refractivity contribution in [1.82, 2.24) is 0 Å². The lowest BCUT2D eigenvalue weighted by molar-refractivity contribution is 0.0515. The first kappa shape index (κ1) is 20.9. The molecular formula is C18H22N2O4. The van der Waals surface area contributed by atoms with E-state index in [4.69, 9.17) is 15.7 Å². The van der Waals surface area contributed by atoms with Gasteiger partial charge in [0, 0.05) is 5.56 Å². The molecule has 0 saturated carbocycles. The molecule has 0 spiro atoms. The lowest BCUT2D eigenvalue weighted by Crippen LogP contribution is -2.16. The van der Waals surface area contributed by atoms with Gasteiger partial charge >= 0.3 is 11.9 Å². The van der Waals surface area contributed by atoms with E-state index >= 15 is 0 Å². The maximum atomic E-state index is 11.7. The summed E-state index contributed by atoms with van der Waals surface area (Å²) in [6, 6.07) is 14.2. The van der Waals surface area contributed by atoms with E-state index in [0.717, 1.165) is 0 Å². The van der Waals surface area contributed by atoms with Gasteiger partial charge in [0.05, 0.1) is 11.1 Å². The number of hydrogen-bond acceptors (Lipinski definition) is 4. The van der Waals surface area contributed by atoms with Gasteiger partial charge in [0.1, 0.15) is 0 Å². The molecule has 0 bridgehead atoms. The quantitative estimate of drug-likeness (QED) is 0.386. The molecule has 2 aromatic rings. The Morgan fingerprint density at radius 2 is 1.50 bits per heavy atom. The van der Waals surface area contributed by atoms with Gasteiger partial charge in [-0.15, -0.1) is 0 Å². The van der Waals surface area contributed by atoms with Crippen LogP contribution in [0.4, 0.5) is 0 Å². The number of amidine groups is 1. The fourth-order valence-electron chi connectivity index (χ4n) is 1.58. The van der Waals surface area contributed by atoms with E-state index in [0.29, 0.717) is 11.1 Å². The van der Waals surface area contributed by atoms with E-state index < -0.39 is 11.9 Å². The standard InChI is InChI=1S/C15H12N2O4.C2H6.CH4/c16-13(11-7-4-8-12(9-11)14(18)19)17-21-15(20)10-5-2-1-3-6-10;1-2;/h1-9H,(H2,16,17)(H,18,19);1-2H3;1H4. The Labute approximate surface area is 141 Å². The summed E-state index contributed by atoms with van der Waals surface area (Å²) in [5.41, 5.74) is 6.44. The molecular weight excluding hydrogens is 308 g/mol. The summed E-state index contributed by atoms with van der Waals surface area (Å²) >= 11 is 0. The molecule has 0 unspecified atom stereocenters. The highest BCUT2D eigenvalue weighted by Crippen LogP contribution is 2.06. The Balaban J connectivity index is 0.00000170. The number of oxime groups is 1. The number of carbonyl (C=O) groups is 2. The zero-order valence-corrected chi connectivity index (χ0v) is 12.9. The number of nitrogens with two attached hydrogens (primary N) is 1. The largest absolute Gasteiger partial charge is 0.478 e. The summed E-state index contributed by atoms with van der Waals surface area (Å²) in [6.45, 7) is 4.00. The summed E-state index contributed by atoms with van der Waals surface area (Å²) < 4.78 is 0. The first-order valence-corrected chi connectivity index (χ1v) is 7.01. The zero-order valence-electron chi connectivity index (χ0n) is 12.9. The van der Waals surface area contributed by atoms with Crippen molar-refractivity contribution in [2.45, 2.75) is 21.3 Å². The van der Waals surface area contributed by atoms with Gasteiger partial charge in [-0.25, -0.2) is 9.59 Å². The Morgan fingerprint density at radius 1 is 0.958 bits per heavy atom. The first-order valence-electron chi connectivity index (χ1n) is 7.01. The number of carbonyl (C=O) groups excluding carboxylic acids is 1. The van der Waals surface area contributed by atoms with Crippen molar-refractivity contribution in [3.63, 3.8) is 0 Å². The van der Waals surface area contributed by atoms with E-state index in [1.54, 1.807) is 36.4 Å². The maximum Gasteiger partial charge on any atom is 0.365 e. The van der Waals surface area contributed by atoms with Gasteiger partial charge in [0.15, 0.2) is 5.84 Å². The van der Waals surface area contributed by atoms with Gasteiger partial charge < -0.3 is 15.7 Å². The lowest BCUT2D eigenvalue weighted by atomic mass is 10.1. The van der Waals surface area contributed by atoms with Gasteiger partial charge in [-0.3, -0.25) is 0 Å². The average Bonchev–Trinajstić information content (AvgIpc) is 2.62. The Kier molecular flexibility index (Phi) is 9.17. The minimum Gasteiger partial charge on any atom is -0.478 e. The third-order valence-electron chi connectivity index (χ3n) is 2.64. The van der Waals surface area contributed by atoms with Gasteiger partial charge in [-0.1, -0.05) is 56.8 Å². The molecule has 0 radical (unpaired) electrons. The van der Waals surface area contributed by atoms with E-state index in [2.05, 4.69) is 5.16 Å². The molecule has 2 rings (SSSR count). The van der Waals surface area contributed by atoms with Gasteiger partial charge in [0.25, 0.3) is 0 Å². The lowest BCUT2D eigenvalue weighted by Gasteiger charge is -2.02. The Bertz CT molecular complexity index is 697. The van der Waals surface area contributed by atoms with Crippen molar-refractivity contribution >= 4 is 17.8 Å². The highest BCUT2D eigenvalue weighted by Gasteiger charge is 2.08. The summed E-state index contributed by atoms with van der Waals surface area (Å²) in [7, 11) is 0. The molecule has 0 atom stereocenters. The van der Waals surface area contributed by atoms with Crippen molar-refractivity contribution in [3.05, 3.63) is 71.3 Å². The molecule has 6 heteroatoms. The molecule has 0 saturated heterocycles. The molecule has 0 aliphatic heterocycles. The Hall–Kier alpha value is -3.15. The van der Waals surface area contributed by atoms with E-state index in [9.17, 15) is 9.59 Å². The summed E-state index contributed by atoms with van der Waals surface area (Å²) in [6.07, 6.45) is 0. The summed E-state index contributed by atoms with van der Waals surface area (Å²) in [5.74, 6) is -1.80. The Morgan fingerprint density at radius 3 is 2.08 bits per heavy atom. The number of carboxylic acids is 1. The zero-order chi connectivity index (χ0) is 17.2. The fraction of sp³-hybridized carbons (Fsp3) is 0.167. The van der Waals surface area contributed by atoms with Crippen LogP contribution in [0.5, 0.6) is 0 Å². The van der Waals surface area contributed by atoms with E-state index in [-0.39, 0.29) is 18.8 Å². The molecule has 128 valence electrons. The second kappa shape index (κ2) is 10.6. The highest BCUT2D eigenvalue weighted by atomic mass is 16.7. The second-order valence-corrected chi connectivity index (χ2v) is 4.11. The number of rotatable bonds is 4. The van der Waals surface area contributed by atoms with Crippen molar-refractivity contribution < 1.29 is 19.5 Å². The van der Waals surface area contributed by atoms with Crippen LogP contribution >= 0.6 is 0 Å². The second-order valence-electron chi connectivity index (χ2n) is 4.11. The van der Waals surface area contributed by atoms with Gasteiger partial charge in [-0.2, -0.15) is 0 Å². The van der Waals surface area contributed by atoms with Crippen molar-refractivity contribution in [3.8, 4) is 0 Å². The molecule has 24 heavy (non-hydrogen) atoms. The predicted molar refractivity (Wildman–Crippen MR) is 94.1 cm³/mol. The molecule has 0 amide bonds. The van der Waals surface area contributed by atoms with Crippen LogP contribution in [0.2, 0.25) is 0 Å². The third kappa shape index (κ3) is 5.92. The molecule has 0 aromatic heterocycles. The fourth-order valence-corrected chi connectivity index (χ4v) is 1.58. The van der Waals surface area contributed by atoms with Crippen LogP contribution in [0.25, 0.3) is 0 Å². The van der Waals surface area contributed by atoms with E-state index in [1.165, 1.54) is 18.2 Å². The minimum absolute atomic E-state index is 0. The van der Waals surface area contributed by atoms with Crippen molar-refractivity contribution in [1.29, 1.82) is 0 Å². The van der Waals surface area contributed by atoms with Crippen LogP contribution in [-0.4, -0.2) is 22.9 Å². The smallest absolute Gasteiger partial charge is 0.365 e. The molecule has 2 aromatic carbocycles. The number of carboxylic acid groups (broad SMARTS) is 1. The molecule has 0 heterocycles. The molecule has 6 nitrogen and oxygen atoms in total. The maximum absolute atomic E-state index is 11.7. The monoisotopic (exact) mass is 330 g/mol. The van der Waals surface area contributed by atoms with Crippen LogP contribution < -0.4 is 5.73 Å². The topological polar surface area (TPSA) is 102 Å². The molecule has 3 N–H and O–H groups in total. The number of benzene rings is 2. The number of aromatic carboxylic acids is 1. The summed E-state index contributed by atoms with van der Waals surface area (Å²) in [5, 5.41) is 12.4. The van der Waals surface area contributed by atoms with Gasteiger partial charge in [-0.05, 0) is 24.3 Å². The molecule has 0 aliphatic rings. The number of nitrogens with zero attached hydrogens (tertiary/aromatic N) is 1. The normalized spacial score (nSPS) is 9.83. The average molecular weight is 330 g/mol. The minimum atomic E-state index is -1.08. The number of hydrogen-bond donors (Lipinski definition) is 2. The van der Waals surface area contributed by atoms with E-state index in [1.807, 2.05) is 13.8 Å². The SMILES string of the molecule is C.CC.N/C(=N\OC(=O)c1ccccc1)c1cccc(C(=O)O)c1. The van der Waals surface area contributed by atoms with Crippen LogP contribution in [0.1, 0.15) is 47.6 Å². The third-order valence-corrected chi connectivity index (χ3v) is 2.64. The predicted octanol–water partition coefficient (Wildman–Crippen LogP) is 3.52. The molecule has 0 fully saturated rings. The summed E-state index contributed by atoms with van der Waals surface area (Å²) in [4.78, 5) is 27.3. The van der Waals surface area contributed by atoms with Crippen LogP contribution in [0.15, 0.2) is 59.8 Å². The van der Waals surface area contributed by atoms with Crippen LogP contribution in [-0.2, 0) is 4.84 Å². The van der Waals surface area contributed by atoms with Crippen molar-refractivity contribution in [2.24, 2.45) is 10.9 Å². The van der Waals surface area contributed by atoms with Gasteiger partial charge in [0.2, 0.25) is 0 Å². The highest BCUT2D eigenvalue weighted by molar-refractivity contribution is 6.00. The van der Waals surface area contributed by atoms with Crippen molar-refractivity contribution in [2.75, 3.05) is 0 Å². The first-order chi connectivity index (χ1) is 11.1. The van der Waals surface area contributed by atoms with Crippen LogP contribution in [0, 0.1) is 0 Å². The van der Waals surface area contributed by atoms with Crippen LogP contribution in [0.3, 0.4) is 0 Å². The molecule has 0 aliphatic carbocycles.